The first-order valence-corrected chi connectivity index (χ1v) is 9.43. The molecule has 170 valence electrons. The number of thiol groups is 1. The normalized spacial score (nSPS) is 14.7. The third-order valence-corrected chi connectivity index (χ3v) is 4.21. The quantitative estimate of drug-likeness (QED) is 0.132. The molecule has 4 amide bonds. The fourth-order valence-electron chi connectivity index (χ4n) is 2.20. The van der Waals surface area contributed by atoms with Gasteiger partial charge in [0.15, 0.2) is 0 Å². The van der Waals surface area contributed by atoms with Crippen LogP contribution < -0.4 is 27.4 Å². The summed E-state index contributed by atoms with van der Waals surface area (Å²) in [5.74, 6) is -7.32. The maximum Gasteiger partial charge on any atom is 0.326 e. The van der Waals surface area contributed by atoms with E-state index >= 15 is 0 Å². The lowest BCUT2D eigenvalue weighted by Crippen LogP contribution is -2.58. The molecule has 0 saturated carbocycles. The summed E-state index contributed by atoms with van der Waals surface area (Å²) in [5.41, 5.74) is 10.6. The number of primary amides is 1. The monoisotopic (exact) mass is 449 g/mol. The highest BCUT2D eigenvalue weighted by atomic mass is 32.1. The molecule has 0 aromatic heterocycles. The van der Waals surface area contributed by atoms with Crippen LogP contribution in [-0.4, -0.2) is 75.7 Å². The van der Waals surface area contributed by atoms with Crippen LogP contribution in [0.2, 0.25) is 0 Å². The molecular weight excluding hydrogens is 422 g/mol. The van der Waals surface area contributed by atoms with Crippen LogP contribution in [0.5, 0.6) is 0 Å². The summed E-state index contributed by atoms with van der Waals surface area (Å²) in [6, 6.07) is -5.65. The zero-order chi connectivity index (χ0) is 23.6. The molecule has 4 atom stereocenters. The van der Waals surface area contributed by atoms with Crippen molar-refractivity contribution in [3.8, 4) is 0 Å². The highest BCUT2D eigenvalue weighted by molar-refractivity contribution is 7.80. The largest absolute Gasteiger partial charge is 0.481 e. The van der Waals surface area contributed by atoms with E-state index in [4.69, 9.17) is 16.6 Å². The number of nitrogens with one attached hydrogen (secondary N) is 3. The lowest BCUT2D eigenvalue weighted by atomic mass is 10.0. The number of hydrogen-bond donors (Lipinski definition) is 8. The molecule has 0 saturated heterocycles. The molecule has 0 fully saturated rings. The van der Waals surface area contributed by atoms with Gasteiger partial charge < -0.3 is 37.6 Å². The number of hydrogen-bond acceptors (Lipinski definition) is 8. The standard InChI is InChI=1S/C16H27N5O8S/c1-6(2)12(16(28)29)21-15(27)8(3-10(18)22)20-14(26)9(4-11(23)24)19-13(25)7(17)5-30/h6-9,12,30H,3-5,17H2,1-2H3,(H2,18,22)(H,19,25)(H,20,26)(H,21,27)(H,23,24)(H,28,29). The van der Waals surface area contributed by atoms with Crippen LogP contribution in [0.3, 0.4) is 0 Å². The molecule has 14 heteroatoms. The predicted octanol–water partition coefficient (Wildman–Crippen LogP) is -3.21. The molecule has 0 aromatic rings. The Kier molecular flexibility index (Phi) is 11.4. The molecular formula is C16H27N5O8S. The van der Waals surface area contributed by atoms with Crippen molar-refractivity contribution in [2.75, 3.05) is 5.75 Å². The first-order valence-electron chi connectivity index (χ1n) is 8.80. The van der Waals surface area contributed by atoms with E-state index in [1.165, 1.54) is 13.8 Å². The van der Waals surface area contributed by atoms with Crippen molar-refractivity contribution < 1.29 is 39.0 Å². The van der Waals surface area contributed by atoms with E-state index in [-0.39, 0.29) is 5.75 Å². The Balaban J connectivity index is 5.51. The SMILES string of the molecule is CC(C)C(NC(=O)C(CC(N)=O)NC(=O)C(CC(=O)O)NC(=O)C(N)CS)C(=O)O. The second kappa shape index (κ2) is 12.6. The zero-order valence-electron chi connectivity index (χ0n) is 16.5. The third kappa shape index (κ3) is 9.56. The summed E-state index contributed by atoms with van der Waals surface area (Å²) in [4.78, 5) is 70.4. The summed E-state index contributed by atoms with van der Waals surface area (Å²) in [6.07, 6.45) is -1.53. The van der Waals surface area contributed by atoms with Crippen LogP contribution in [-0.2, 0) is 28.8 Å². The highest BCUT2D eigenvalue weighted by Crippen LogP contribution is 2.04. The van der Waals surface area contributed by atoms with Crippen molar-refractivity contribution in [3.63, 3.8) is 0 Å². The number of carbonyl (C=O) groups is 6. The van der Waals surface area contributed by atoms with Gasteiger partial charge in [-0.25, -0.2) is 4.79 Å². The molecule has 13 nitrogen and oxygen atoms in total. The third-order valence-electron chi connectivity index (χ3n) is 3.81. The molecule has 0 aliphatic carbocycles. The molecule has 0 aliphatic heterocycles. The van der Waals surface area contributed by atoms with Crippen molar-refractivity contribution in [1.29, 1.82) is 0 Å². The van der Waals surface area contributed by atoms with Gasteiger partial charge in [-0.05, 0) is 5.92 Å². The first kappa shape index (κ1) is 27.1. The van der Waals surface area contributed by atoms with Crippen molar-refractivity contribution in [2.24, 2.45) is 17.4 Å². The van der Waals surface area contributed by atoms with Gasteiger partial charge in [-0.3, -0.25) is 24.0 Å². The van der Waals surface area contributed by atoms with E-state index in [0.717, 1.165) is 0 Å². The van der Waals surface area contributed by atoms with Crippen LogP contribution in [0, 0.1) is 5.92 Å². The van der Waals surface area contributed by atoms with Gasteiger partial charge in [0.1, 0.15) is 18.1 Å². The molecule has 0 heterocycles. The molecule has 0 radical (unpaired) electrons. The van der Waals surface area contributed by atoms with E-state index in [1.807, 2.05) is 0 Å². The Bertz CT molecular complexity index is 687. The summed E-state index contributed by atoms with van der Waals surface area (Å²) < 4.78 is 0. The first-order chi connectivity index (χ1) is 13.8. The van der Waals surface area contributed by atoms with Crippen molar-refractivity contribution >= 4 is 48.2 Å². The van der Waals surface area contributed by atoms with Crippen LogP contribution in [0.25, 0.3) is 0 Å². The molecule has 0 rings (SSSR count). The van der Waals surface area contributed by atoms with Gasteiger partial charge in [0.2, 0.25) is 23.6 Å². The van der Waals surface area contributed by atoms with E-state index in [2.05, 4.69) is 28.6 Å². The van der Waals surface area contributed by atoms with Crippen molar-refractivity contribution in [2.45, 2.75) is 50.9 Å². The fraction of sp³-hybridized carbons (Fsp3) is 0.625. The van der Waals surface area contributed by atoms with Crippen molar-refractivity contribution in [1.82, 2.24) is 16.0 Å². The van der Waals surface area contributed by atoms with Gasteiger partial charge in [0.25, 0.3) is 0 Å². The smallest absolute Gasteiger partial charge is 0.326 e. The Morgan fingerprint density at radius 3 is 1.73 bits per heavy atom. The van der Waals surface area contributed by atoms with Crippen LogP contribution in [0.15, 0.2) is 0 Å². The number of aliphatic carboxylic acids is 2. The number of amides is 4. The molecule has 0 spiro atoms. The van der Waals surface area contributed by atoms with Crippen LogP contribution in [0.1, 0.15) is 26.7 Å². The maximum absolute atomic E-state index is 12.5. The summed E-state index contributed by atoms with van der Waals surface area (Å²) in [7, 11) is 0. The number of carbonyl (C=O) groups excluding carboxylic acids is 4. The molecule has 4 unspecified atom stereocenters. The van der Waals surface area contributed by atoms with Crippen LogP contribution in [0.4, 0.5) is 0 Å². The Labute approximate surface area is 177 Å². The lowest BCUT2D eigenvalue weighted by Gasteiger charge is -2.25. The fourth-order valence-corrected chi connectivity index (χ4v) is 2.36. The van der Waals surface area contributed by atoms with E-state index in [9.17, 15) is 33.9 Å². The minimum absolute atomic E-state index is 0.0776. The maximum atomic E-state index is 12.5. The summed E-state index contributed by atoms with van der Waals surface area (Å²) in [5, 5.41) is 24.6. The molecule has 9 N–H and O–H groups in total. The minimum Gasteiger partial charge on any atom is -0.481 e. The molecule has 0 aromatic carbocycles. The van der Waals surface area contributed by atoms with Crippen molar-refractivity contribution in [3.05, 3.63) is 0 Å². The topological polar surface area (TPSA) is 231 Å². The number of carboxylic acid groups (broad SMARTS) is 2. The highest BCUT2D eigenvalue weighted by Gasteiger charge is 2.32. The number of rotatable bonds is 13. The van der Waals surface area contributed by atoms with Gasteiger partial charge in [0, 0.05) is 5.75 Å². The Morgan fingerprint density at radius 2 is 1.33 bits per heavy atom. The average Bonchev–Trinajstić information content (AvgIpc) is 2.62. The Morgan fingerprint density at radius 1 is 0.867 bits per heavy atom. The molecule has 0 aliphatic rings. The average molecular weight is 449 g/mol. The zero-order valence-corrected chi connectivity index (χ0v) is 17.3. The van der Waals surface area contributed by atoms with E-state index in [1.54, 1.807) is 0 Å². The van der Waals surface area contributed by atoms with E-state index < -0.39 is 78.5 Å². The summed E-state index contributed by atoms with van der Waals surface area (Å²) >= 11 is 3.83. The Hall–Kier alpha value is -2.87. The lowest BCUT2D eigenvalue weighted by molar-refractivity contribution is -0.144. The second-order valence-electron chi connectivity index (χ2n) is 6.75. The summed E-state index contributed by atoms with van der Waals surface area (Å²) in [6.45, 7) is 3.06. The molecule has 0 bridgehead atoms. The number of carboxylic acids is 2. The number of nitrogens with two attached hydrogens (primary N) is 2. The minimum atomic E-state index is -1.62. The van der Waals surface area contributed by atoms with Gasteiger partial charge in [-0.1, -0.05) is 13.8 Å². The van der Waals surface area contributed by atoms with Gasteiger partial charge in [-0.2, -0.15) is 12.6 Å². The molecule has 30 heavy (non-hydrogen) atoms. The second-order valence-corrected chi connectivity index (χ2v) is 7.11. The predicted molar refractivity (Wildman–Crippen MR) is 106 cm³/mol. The van der Waals surface area contributed by atoms with Crippen LogP contribution >= 0.6 is 12.6 Å². The van der Waals surface area contributed by atoms with E-state index in [0.29, 0.717) is 0 Å². The van der Waals surface area contributed by atoms with Gasteiger partial charge in [-0.15, -0.1) is 0 Å². The van der Waals surface area contributed by atoms with Gasteiger partial charge >= 0.3 is 11.9 Å². The van der Waals surface area contributed by atoms with Gasteiger partial charge in [0.05, 0.1) is 18.9 Å².